The molecule has 0 spiro atoms. The van der Waals surface area contributed by atoms with Crippen LogP contribution in [0.3, 0.4) is 0 Å². The van der Waals surface area contributed by atoms with E-state index >= 15 is 0 Å². The van der Waals surface area contributed by atoms with Gasteiger partial charge >= 0.3 is 5.97 Å². The van der Waals surface area contributed by atoms with Crippen LogP contribution in [0.25, 0.3) is 0 Å². The van der Waals surface area contributed by atoms with Crippen LogP contribution in [0.2, 0.25) is 0 Å². The molecule has 0 fully saturated rings. The Bertz CT molecular complexity index is 809. The molecule has 0 saturated heterocycles. The molecule has 130 valence electrons. The minimum Gasteiger partial charge on any atom is -0.492 e. The van der Waals surface area contributed by atoms with Crippen molar-refractivity contribution < 1.29 is 27.8 Å². The molecular formula is C18H15F2NO4. The van der Waals surface area contributed by atoms with Crippen molar-refractivity contribution in [1.82, 2.24) is 5.32 Å². The Kier molecular flexibility index (Phi) is 4.92. The molecule has 25 heavy (non-hydrogen) atoms. The number of hydrogen-bond donors (Lipinski definition) is 1. The molecule has 1 amide bonds. The molecular weight excluding hydrogens is 332 g/mol. The maximum atomic E-state index is 13.0. The number of amides is 1. The van der Waals surface area contributed by atoms with Crippen LogP contribution in [-0.2, 0) is 9.53 Å². The number of fused-ring (bicyclic) bond motifs is 1. The van der Waals surface area contributed by atoms with Crippen LogP contribution >= 0.6 is 0 Å². The first kappa shape index (κ1) is 16.9. The predicted molar refractivity (Wildman–Crippen MR) is 84.1 cm³/mol. The summed E-state index contributed by atoms with van der Waals surface area (Å²) in [4.78, 5) is 23.7. The Hall–Kier alpha value is -2.96. The highest BCUT2D eigenvalue weighted by Gasteiger charge is 2.31. The van der Waals surface area contributed by atoms with Crippen molar-refractivity contribution in [3.63, 3.8) is 0 Å². The monoisotopic (exact) mass is 347 g/mol. The number of nitrogens with one attached hydrogen (secondary N) is 1. The number of carbonyl (C=O) groups excluding carboxylic acids is 2. The first-order chi connectivity index (χ1) is 12.0. The van der Waals surface area contributed by atoms with Crippen molar-refractivity contribution >= 4 is 11.9 Å². The van der Waals surface area contributed by atoms with E-state index in [1.165, 1.54) is 6.07 Å². The molecule has 0 aromatic heterocycles. The van der Waals surface area contributed by atoms with Crippen LogP contribution in [0.15, 0.2) is 42.5 Å². The van der Waals surface area contributed by atoms with E-state index in [1.54, 1.807) is 24.3 Å². The van der Waals surface area contributed by atoms with Gasteiger partial charge in [0, 0.05) is 11.6 Å². The first-order valence-corrected chi connectivity index (χ1v) is 7.69. The minimum atomic E-state index is -0.997. The summed E-state index contributed by atoms with van der Waals surface area (Å²) in [6.07, 6.45) is -0.593. The van der Waals surface area contributed by atoms with Crippen molar-refractivity contribution in [3.8, 4) is 5.75 Å². The normalized spacial score (nSPS) is 15.4. The summed E-state index contributed by atoms with van der Waals surface area (Å²) < 4.78 is 36.2. The van der Waals surface area contributed by atoms with Gasteiger partial charge in [-0.15, -0.1) is 0 Å². The second-order valence-corrected chi connectivity index (χ2v) is 5.46. The highest BCUT2D eigenvalue weighted by atomic mass is 19.2. The molecule has 1 aliphatic heterocycles. The molecule has 1 atom stereocenters. The highest BCUT2D eigenvalue weighted by molar-refractivity contribution is 5.94. The Balaban J connectivity index is 1.44. The van der Waals surface area contributed by atoms with Crippen LogP contribution in [0.4, 0.5) is 8.78 Å². The number of halogens is 2. The van der Waals surface area contributed by atoms with Crippen LogP contribution < -0.4 is 10.1 Å². The molecule has 2 aromatic carbocycles. The van der Waals surface area contributed by atoms with E-state index in [1.807, 2.05) is 0 Å². The van der Waals surface area contributed by atoms with E-state index in [4.69, 9.17) is 9.47 Å². The van der Waals surface area contributed by atoms with E-state index in [0.29, 0.717) is 11.1 Å². The summed E-state index contributed by atoms with van der Waals surface area (Å²) in [7, 11) is 0. The van der Waals surface area contributed by atoms with Gasteiger partial charge in [0.05, 0.1) is 18.5 Å². The number of ether oxygens (including phenoxy) is 2. The molecule has 1 unspecified atom stereocenters. The fourth-order valence-corrected chi connectivity index (χ4v) is 2.54. The molecule has 0 bridgehead atoms. The average Bonchev–Trinajstić information content (AvgIpc) is 2.91. The van der Waals surface area contributed by atoms with Crippen LogP contribution in [0, 0.1) is 11.6 Å². The van der Waals surface area contributed by atoms with Crippen molar-refractivity contribution in [3.05, 3.63) is 65.2 Å². The summed E-state index contributed by atoms with van der Waals surface area (Å²) >= 11 is 0. The number of rotatable bonds is 6. The molecule has 2 aromatic rings. The quantitative estimate of drug-likeness (QED) is 0.645. The number of hydrogen-bond acceptors (Lipinski definition) is 4. The third-order valence-corrected chi connectivity index (χ3v) is 3.73. The minimum absolute atomic E-state index is 0.00787. The van der Waals surface area contributed by atoms with Gasteiger partial charge in [-0.1, -0.05) is 18.2 Å². The van der Waals surface area contributed by atoms with Gasteiger partial charge in [0.1, 0.15) is 18.5 Å². The Labute approximate surface area is 142 Å². The Morgan fingerprint density at radius 3 is 2.76 bits per heavy atom. The maximum Gasteiger partial charge on any atom is 0.339 e. The van der Waals surface area contributed by atoms with Gasteiger partial charge < -0.3 is 14.8 Å². The molecule has 3 rings (SSSR count). The summed E-state index contributed by atoms with van der Waals surface area (Å²) in [5.74, 6) is -2.51. The lowest BCUT2D eigenvalue weighted by Gasteiger charge is -2.11. The largest absolute Gasteiger partial charge is 0.492 e. The van der Waals surface area contributed by atoms with Gasteiger partial charge in [-0.2, -0.15) is 0 Å². The number of esters is 1. The molecule has 1 N–H and O–H groups in total. The van der Waals surface area contributed by atoms with Crippen molar-refractivity contribution in [2.75, 3.05) is 13.2 Å². The van der Waals surface area contributed by atoms with Gasteiger partial charge in [-0.3, -0.25) is 4.79 Å². The average molecular weight is 347 g/mol. The van der Waals surface area contributed by atoms with Crippen molar-refractivity contribution in [2.45, 2.75) is 12.5 Å². The summed E-state index contributed by atoms with van der Waals surface area (Å²) in [6, 6.07) is 10.1. The van der Waals surface area contributed by atoms with Crippen molar-refractivity contribution in [1.29, 1.82) is 0 Å². The van der Waals surface area contributed by atoms with Crippen LogP contribution in [0.5, 0.6) is 5.75 Å². The topological polar surface area (TPSA) is 64.6 Å². The maximum absolute atomic E-state index is 13.0. The van der Waals surface area contributed by atoms with Crippen molar-refractivity contribution in [2.24, 2.45) is 0 Å². The lowest BCUT2D eigenvalue weighted by atomic mass is 10.0. The zero-order chi connectivity index (χ0) is 17.8. The first-order valence-electron chi connectivity index (χ1n) is 7.69. The summed E-state index contributed by atoms with van der Waals surface area (Å²) in [5, 5.41) is 2.63. The van der Waals surface area contributed by atoms with E-state index < -0.39 is 23.7 Å². The number of benzene rings is 2. The van der Waals surface area contributed by atoms with E-state index in [-0.39, 0.29) is 31.2 Å². The summed E-state index contributed by atoms with van der Waals surface area (Å²) in [6.45, 7) is 0.276. The fourth-order valence-electron chi connectivity index (χ4n) is 2.54. The predicted octanol–water partition coefficient (Wildman–Crippen LogP) is 2.76. The van der Waals surface area contributed by atoms with Gasteiger partial charge in [-0.25, -0.2) is 13.6 Å². The molecule has 0 radical (unpaired) electrons. The molecule has 1 aliphatic rings. The molecule has 1 heterocycles. The zero-order valence-electron chi connectivity index (χ0n) is 13.1. The third kappa shape index (κ3) is 3.93. The molecule has 5 nitrogen and oxygen atoms in total. The van der Waals surface area contributed by atoms with Crippen LogP contribution in [-0.4, -0.2) is 25.0 Å². The van der Waals surface area contributed by atoms with Gasteiger partial charge in [0.15, 0.2) is 11.6 Å². The summed E-state index contributed by atoms with van der Waals surface area (Å²) in [5.41, 5.74) is 1.17. The molecule has 7 heteroatoms. The van der Waals surface area contributed by atoms with E-state index in [0.717, 1.165) is 12.1 Å². The van der Waals surface area contributed by atoms with Gasteiger partial charge in [-0.05, 0) is 18.2 Å². The van der Waals surface area contributed by atoms with Crippen LogP contribution in [0.1, 0.15) is 28.4 Å². The lowest BCUT2D eigenvalue weighted by molar-refractivity contribution is -0.123. The molecule has 0 aliphatic carbocycles. The zero-order valence-corrected chi connectivity index (χ0v) is 13.1. The van der Waals surface area contributed by atoms with E-state index in [2.05, 4.69) is 5.32 Å². The lowest BCUT2D eigenvalue weighted by Crippen LogP contribution is -2.29. The second-order valence-electron chi connectivity index (χ2n) is 5.46. The van der Waals surface area contributed by atoms with Gasteiger partial charge in [0.2, 0.25) is 5.91 Å². The van der Waals surface area contributed by atoms with Gasteiger partial charge in [0.25, 0.3) is 0 Å². The number of cyclic esters (lactones) is 1. The molecule has 0 saturated carbocycles. The highest BCUT2D eigenvalue weighted by Crippen LogP contribution is 2.32. The smallest absolute Gasteiger partial charge is 0.339 e. The standard InChI is InChI=1S/C18H15F2NO4/c19-14-6-5-11(9-15(14)20)24-8-7-21-17(22)10-16-12-3-1-2-4-13(12)18(23)25-16/h1-6,9,16H,7-8,10H2,(H,21,22). The Morgan fingerprint density at radius 1 is 1.16 bits per heavy atom. The third-order valence-electron chi connectivity index (χ3n) is 3.73. The second kappa shape index (κ2) is 7.29. The fraction of sp³-hybridized carbons (Fsp3) is 0.222. The Morgan fingerprint density at radius 2 is 1.96 bits per heavy atom. The number of carbonyl (C=O) groups is 2. The SMILES string of the molecule is O=C(CC1OC(=O)c2ccccc21)NCCOc1ccc(F)c(F)c1. The van der Waals surface area contributed by atoms with E-state index in [9.17, 15) is 18.4 Å².